The molecule has 2 amide bonds. The van der Waals surface area contributed by atoms with E-state index in [1.165, 1.54) is 5.56 Å². The Hall–Kier alpha value is -3.12. The van der Waals surface area contributed by atoms with E-state index in [1.807, 2.05) is 41.6 Å². The highest BCUT2D eigenvalue weighted by Crippen LogP contribution is 2.32. The van der Waals surface area contributed by atoms with E-state index in [0.717, 1.165) is 41.8 Å². The molecule has 6 nitrogen and oxygen atoms in total. The molecule has 1 atom stereocenters. The van der Waals surface area contributed by atoms with Gasteiger partial charge in [0.2, 0.25) is 0 Å². The molecule has 0 radical (unpaired) electrons. The van der Waals surface area contributed by atoms with Gasteiger partial charge in [0.05, 0.1) is 12.2 Å². The van der Waals surface area contributed by atoms with Crippen LogP contribution in [-0.4, -0.2) is 48.3 Å². The van der Waals surface area contributed by atoms with E-state index in [1.54, 1.807) is 0 Å². The molecule has 1 aromatic heterocycles. The Kier molecular flexibility index (Phi) is 5.62. The van der Waals surface area contributed by atoms with Gasteiger partial charge < -0.3 is 10.2 Å². The monoisotopic (exact) mass is 389 g/mol. The maximum absolute atomic E-state index is 13.1. The maximum atomic E-state index is 13.1. The third-order valence-electron chi connectivity index (χ3n) is 5.42. The number of carbonyl (C=O) groups excluding carboxylic acids is 1. The first-order valence-electron chi connectivity index (χ1n) is 10.0. The first-order chi connectivity index (χ1) is 14.1. The molecule has 4 rings (SSSR count). The smallest absolute Gasteiger partial charge is 0.322 e. The summed E-state index contributed by atoms with van der Waals surface area (Å²) in [6.45, 7) is 1.61. The molecule has 1 aliphatic rings. The van der Waals surface area contributed by atoms with Gasteiger partial charge in [-0.05, 0) is 62.3 Å². The summed E-state index contributed by atoms with van der Waals surface area (Å²) in [6.07, 6.45) is 5.43. The van der Waals surface area contributed by atoms with Crippen molar-refractivity contribution in [1.29, 1.82) is 0 Å². The first kappa shape index (κ1) is 19.2. The molecule has 2 N–H and O–H groups in total. The summed E-state index contributed by atoms with van der Waals surface area (Å²) < 4.78 is 0. The van der Waals surface area contributed by atoms with Crippen molar-refractivity contribution in [3.8, 4) is 11.1 Å². The fourth-order valence-corrected chi connectivity index (χ4v) is 3.82. The van der Waals surface area contributed by atoms with Crippen molar-refractivity contribution in [3.05, 3.63) is 72.1 Å². The van der Waals surface area contributed by atoms with Gasteiger partial charge in [0, 0.05) is 24.0 Å². The molecular formula is C23H27N5O. The zero-order valence-electron chi connectivity index (χ0n) is 16.9. The fourth-order valence-electron chi connectivity index (χ4n) is 3.82. The average molecular weight is 390 g/mol. The molecule has 1 unspecified atom stereocenters. The normalized spacial score (nSPS) is 14.1. The van der Waals surface area contributed by atoms with E-state index in [2.05, 4.69) is 58.8 Å². The van der Waals surface area contributed by atoms with Crippen LogP contribution in [0.25, 0.3) is 11.1 Å². The summed E-state index contributed by atoms with van der Waals surface area (Å²) in [5.41, 5.74) is 5.51. The highest BCUT2D eigenvalue weighted by atomic mass is 16.2. The van der Waals surface area contributed by atoms with Gasteiger partial charge in [-0.1, -0.05) is 36.4 Å². The highest BCUT2D eigenvalue weighted by Gasteiger charge is 2.27. The van der Waals surface area contributed by atoms with Gasteiger partial charge in [-0.25, -0.2) is 4.79 Å². The molecule has 1 aliphatic heterocycles. The lowest BCUT2D eigenvalue weighted by Gasteiger charge is -2.25. The Morgan fingerprint density at radius 2 is 2.03 bits per heavy atom. The predicted molar refractivity (Wildman–Crippen MR) is 116 cm³/mol. The number of hydrogen-bond acceptors (Lipinski definition) is 3. The lowest BCUT2D eigenvalue weighted by molar-refractivity contribution is 0.241. The third kappa shape index (κ3) is 4.32. The molecule has 2 heterocycles. The zero-order valence-corrected chi connectivity index (χ0v) is 16.9. The van der Waals surface area contributed by atoms with E-state index in [9.17, 15) is 4.79 Å². The first-order valence-corrected chi connectivity index (χ1v) is 10.0. The number of carbonyl (C=O) groups is 1. The van der Waals surface area contributed by atoms with Gasteiger partial charge in [0.15, 0.2) is 0 Å². The van der Waals surface area contributed by atoms with Crippen LogP contribution >= 0.6 is 0 Å². The number of nitrogens with zero attached hydrogens (tertiary/aromatic N) is 3. The Balaban J connectivity index is 1.51. The number of amides is 2. The second kappa shape index (κ2) is 8.49. The van der Waals surface area contributed by atoms with E-state index in [0.29, 0.717) is 6.54 Å². The molecule has 0 spiro atoms. The van der Waals surface area contributed by atoms with Crippen molar-refractivity contribution in [2.24, 2.45) is 0 Å². The van der Waals surface area contributed by atoms with Crippen LogP contribution in [0, 0.1) is 0 Å². The second-order valence-electron chi connectivity index (χ2n) is 7.74. The molecule has 3 aromatic rings. The minimum Gasteiger partial charge on any atom is -0.331 e. The molecule has 0 saturated heterocycles. The highest BCUT2D eigenvalue weighted by molar-refractivity contribution is 5.95. The van der Waals surface area contributed by atoms with Crippen molar-refractivity contribution >= 4 is 11.7 Å². The van der Waals surface area contributed by atoms with Gasteiger partial charge in [-0.3, -0.25) is 10.00 Å². The van der Waals surface area contributed by atoms with Gasteiger partial charge in [-0.2, -0.15) is 5.10 Å². The molecule has 0 aliphatic carbocycles. The quantitative estimate of drug-likeness (QED) is 0.673. The summed E-state index contributed by atoms with van der Waals surface area (Å²) in [5, 5.41) is 10.1. The minimum absolute atomic E-state index is 0.0136. The van der Waals surface area contributed by atoms with Crippen molar-refractivity contribution in [1.82, 2.24) is 20.4 Å². The number of hydrogen-bond donors (Lipinski definition) is 2. The number of aromatic amines is 1. The summed E-state index contributed by atoms with van der Waals surface area (Å²) >= 11 is 0. The van der Waals surface area contributed by atoms with Crippen LogP contribution in [-0.2, 0) is 6.42 Å². The Labute approximate surface area is 171 Å². The number of fused-ring (bicyclic) bond motifs is 1. The largest absolute Gasteiger partial charge is 0.331 e. The number of aromatic nitrogens is 2. The number of anilines is 1. The summed E-state index contributed by atoms with van der Waals surface area (Å²) in [6, 6.07) is 16.4. The van der Waals surface area contributed by atoms with Gasteiger partial charge in [0.1, 0.15) is 0 Å². The van der Waals surface area contributed by atoms with Gasteiger partial charge >= 0.3 is 6.03 Å². The molecule has 0 saturated carbocycles. The van der Waals surface area contributed by atoms with Crippen LogP contribution in [0.3, 0.4) is 0 Å². The number of nitrogens with one attached hydrogen (secondary N) is 2. The molecular weight excluding hydrogens is 362 g/mol. The molecule has 6 heteroatoms. The third-order valence-corrected chi connectivity index (χ3v) is 5.42. The van der Waals surface area contributed by atoms with E-state index in [4.69, 9.17) is 0 Å². The number of rotatable bonds is 6. The van der Waals surface area contributed by atoms with Crippen molar-refractivity contribution < 1.29 is 4.79 Å². The summed E-state index contributed by atoms with van der Waals surface area (Å²) in [7, 11) is 4.11. The van der Waals surface area contributed by atoms with E-state index < -0.39 is 0 Å². The van der Waals surface area contributed by atoms with Crippen LogP contribution in [0.5, 0.6) is 0 Å². The van der Waals surface area contributed by atoms with Crippen LogP contribution in [0.15, 0.2) is 60.9 Å². The summed E-state index contributed by atoms with van der Waals surface area (Å²) in [4.78, 5) is 17.1. The number of H-pyrrole nitrogens is 1. The lowest BCUT2D eigenvalue weighted by atomic mass is 10.0. The maximum Gasteiger partial charge on any atom is 0.322 e. The SMILES string of the molecule is CN(C)CCC(NC(=O)N1CCc2cc(-c3cn[nH]c3)ccc21)c1ccccc1. The molecule has 150 valence electrons. The molecule has 0 fully saturated rings. The van der Waals surface area contributed by atoms with Crippen molar-refractivity contribution in [2.45, 2.75) is 18.9 Å². The van der Waals surface area contributed by atoms with Crippen LogP contribution in [0.1, 0.15) is 23.6 Å². The predicted octanol–water partition coefficient (Wildman–Crippen LogP) is 3.84. The van der Waals surface area contributed by atoms with Gasteiger partial charge in [0.25, 0.3) is 0 Å². The number of urea groups is 1. The van der Waals surface area contributed by atoms with E-state index in [-0.39, 0.29) is 12.1 Å². The summed E-state index contributed by atoms with van der Waals surface area (Å²) in [5.74, 6) is 0. The molecule has 29 heavy (non-hydrogen) atoms. The van der Waals surface area contributed by atoms with Crippen LogP contribution < -0.4 is 10.2 Å². The average Bonchev–Trinajstić information content (AvgIpc) is 3.41. The Bertz CT molecular complexity index is 953. The van der Waals surface area contributed by atoms with E-state index >= 15 is 0 Å². The number of benzene rings is 2. The van der Waals surface area contributed by atoms with Gasteiger partial charge in [-0.15, -0.1) is 0 Å². The van der Waals surface area contributed by atoms with Crippen molar-refractivity contribution in [2.75, 3.05) is 32.1 Å². The Morgan fingerprint density at radius 3 is 2.76 bits per heavy atom. The second-order valence-corrected chi connectivity index (χ2v) is 7.74. The molecule has 2 aromatic carbocycles. The zero-order chi connectivity index (χ0) is 20.2. The van der Waals surface area contributed by atoms with Crippen LogP contribution in [0.4, 0.5) is 10.5 Å². The minimum atomic E-state index is -0.0348. The standard InChI is InChI=1S/C23H27N5O/c1-27(2)12-11-21(17-6-4-3-5-7-17)26-23(29)28-13-10-19-14-18(8-9-22(19)28)20-15-24-25-16-20/h3-9,14-16,21H,10-13H2,1-2H3,(H,24,25)(H,26,29). The molecule has 0 bridgehead atoms. The fraction of sp³-hybridized carbons (Fsp3) is 0.304. The van der Waals surface area contributed by atoms with Crippen LogP contribution in [0.2, 0.25) is 0 Å². The lowest BCUT2D eigenvalue weighted by Crippen LogP contribution is -2.41. The topological polar surface area (TPSA) is 64.3 Å². The van der Waals surface area contributed by atoms with Crippen molar-refractivity contribution in [3.63, 3.8) is 0 Å². The Morgan fingerprint density at radius 1 is 1.21 bits per heavy atom.